The lowest BCUT2D eigenvalue weighted by Gasteiger charge is -2.20. The summed E-state index contributed by atoms with van der Waals surface area (Å²) < 4.78 is 0. The molecule has 0 radical (unpaired) electrons. The van der Waals surface area contributed by atoms with Gasteiger partial charge in [0.25, 0.3) is 0 Å². The van der Waals surface area contributed by atoms with E-state index in [0.29, 0.717) is 5.92 Å². The van der Waals surface area contributed by atoms with Crippen molar-refractivity contribution in [3.05, 3.63) is 17.5 Å². The van der Waals surface area contributed by atoms with E-state index in [9.17, 15) is 4.79 Å². The molecule has 5 heteroatoms. The van der Waals surface area contributed by atoms with E-state index in [1.165, 1.54) is 24.3 Å². The minimum atomic E-state index is -0.962. The average Bonchev–Trinajstić information content (AvgIpc) is 2.68. The van der Waals surface area contributed by atoms with Crippen LogP contribution in [-0.2, 0) is 6.42 Å². The molecule has 82 valence electrons. The Hall–Kier alpha value is -0.970. The van der Waals surface area contributed by atoms with Crippen molar-refractivity contribution in [3.63, 3.8) is 0 Å². The van der Waals surface area contributed by atoms with Gasteiger partial charge in [0.05, 0.1) is 0 Å². The van der Waals surface area contributed by atoms with Gasteiger partial charge in [0.1, 0.15) is 0 Å². The molecule has 0 saturated carbocycles. The molecule has 1 fully saturated rings. The maximum absolute atomic E-state index is 10.6. The first kappa shape index (κ1) is 10.5. The van der Waals surface area contributed by atoms with Crippen LogP contribution >= 0.6 is 11.8 Å². The Morgan fingerprint density at radius 2 is 2.60 bits per heavy atom. The number of nitrogens with one attached hydrogen (secondary N) is 1. The third-order valence-electron chi connectivity index (χ3n) is 2.61. The number of hydrogen-bond donors (Lipinski definition) is 2. The molecule has 15 heavy (non-hydrogen) atoms. The molecule has 1 aliphatic rings. The van der Waals surface area contributed by atoms with E-state index in [2.05, 4.69) is 10.2 Å². The first-order valence-electron chi connectivity index (χ1n) is 5.11. The molecule has 2 heterocycles. The van der Waals surface area contributed by atoms with Gasteiger partial charge >= 0.3 is 5.97 Å². The van der Waals surface area contributed by atoms with E-state index in [1.54, 1.807) is 6.07 Å². The number of aromatic carboxylic acids is 1. The largest absolute Gasteiger partial charge is 0.476 e. The highest BCUT2D eigenvalue weighted by Crippen LogP contribution is 2.25. The number of aromatic nitrogens is 2. The van der Waals surface area contributed by atoms with E-state index >= 15 is 0 Å². The van der Waals surface area contributed by atoms with E-state index in [0.717, 1.165) is 12.1 Å². The fourth-order valence-corrected chi connectivity index (χ4v) is 3.01. The van der Waals surface area contributed by atoms with Gasteiger partial charge in [-0.1, -0.05) is 0 Å². The first-order chi connectivity index (χ1) is 7.25. The van der Waals surface area contributed by atoms with Crippen LogP contribution in [-0.4, -0.2) is 32.8 Å². The molecule has 1 saturated heterocycles. The van der Waals surface area contributed by atoms with Gasteiger partial charge in [-0.05, 0) is 42.8 Å². The number of carboxylic acids is 1. The van der Waals surface area contributed by atoms with Gasteiger partial charge in [-0.25, -0.2) is 4.79 Å². The predicted molar refractivity (Wildman–Crippen MR) is 59.3 cm³/mol. The first-order valence-corrected chi connectivity index (χ1v) is 6.26. The van der Waals surface area contributed by atoms with Crippen molar-refractivity contribution in [1.29, 1.82) is 0 Å². The Bertz CT molecular complexity index is 345. The molecule has 0 bridgehead atoms. The maximum Gasteiger partial charge on any atom is 0.356 e. The number of H-pyrrole nitrogens is 1. The van der Waals surface area contributed by atoms with Crippen molar-refractivity contribution in [2.75, 3.05) is 11.5 Å². The molecule has 1 aliphatic heterocycles. The highest BCUT2D eigenvalue weighted by atomic mass is 32.2. The highest BCUT2D eigenvalue weighted by molar-refractivity contribution is 7.99. The smallest absolute Gasteiger partial charge is 0.356 e. The summed E-state index contributed by atoms with van der Waals surface area (Å²) in [5, 5.41) is 15.3. The van der Waals surface area contributed by atoms with Crippen molar-refractivity contribution >= 4 is 17.7 Å². The van der Waals surface area contributed by atoms with Crippen LogP contribution in [0, 0.1) is 5.92 Å². The number of aromatic amines is 1. The molecule has 1 aromatic rings. The molecular formula is C10H14N2O2S. The van der Waals surface area contributed by atoms with Crippen LogP contribution in [0.2, 0.25) is 0 Å². The topological polar surface area (TPSA) is 66.0 Å². The Morgan fingerprint density at radius 1 is 1.73 bits per heavy atom. The van der Waals surface area contributed by atoms with Gasteiger partial charge in [0.15, 0.2) is 5.69 Å². The van der Waals surface area contributed by atoms with Crippen molar-refractivity contribution in [2.45, 2.75) is 19.3 Å². The van der Waals surface area contributed by atoms with Gasteiger partial charge in [-0.15, -0.1) is 0 Å². The van der Waals surface area contributed by atoms with E-state index in [1.807, 2.05) is 11.8 Å². The number of carbonyl (C=O) groups is 1. The van der Waals surface area contributed by atoms with Crippen LogP contribution in [0.1, 0.15) is 29.0 Å². The summed E-state index contributed by atoms with van der Waals surface area (Å²) >= 11 is 1.98. The monoisotopic (exact) mass is 226 g/mol. The Morgan fingerprint density at radius 3 is 3.20 bits per heavy atom. The molecular weight excluding hydrogens is 212 g/mol. The van der Waals surface area contributed by atoms with Crippen LogP contribution in [0.25, 0.3) is 0 Å². The zero-order valence-corrected chi connectivity index (χ0v) is 9.22. The molecule has 4 nitrogen and oxygen atoms in total. The van der Waals surface area contributed by atoms with Gasteiger partial charge < -0.3 is 5.11 Å². The summed E-state index contributed by atoms with van der Waals surface area (Å²) in [5.74, 6) is 2.16. The minimum absolute atomic E-state index is 0.119. The van der Waals surface area contributed by atoms with Crippen LogP contribution in [0.4, 0.5) is 0 Å². The van der Waals surface area contributed by atoms with Gasteiger partial charge in [0.2, 0.25) is 0 Å². The lowest BCUT2D eigenvalue weighted by Crippen LogP contribution is -2.13. The summed E-state index contributed by atoms with van der Waals surface area (Å²) in [6, 6.07) is 1.64. The second-order valence-corrected chi connectivity index (χ2v) is 5.02. The number of hydrogen-bond acceptors (Lipinski definition) is 3. The predicted octanol–water partition coefficient (Wildman–Crippen LogP) is 1.79. The van der Waals surface area contributed by atoms with Gasteiger partial charge in [-0.2, -0.15) is 16.9 Å². The quantitative estimate of drug-likeness (QED) is 0.824. The molecule has 0 aromatic carbocycles. The van der Waals surface area contributed by atoms with Crippen LogP contribution < -0.4 is 0 Å². The summed E-state index contributed by atoms with van der Waals surface area (Å²) in [5.41, 5.74) is 1.06. The van der Waals surface area contributed by atoms with E-state index in [4.69, 9.17) is 5.11 Å². The van der Waals surface area contributed by atoms with Crippen molar-refractivity contribution in [2.24, 2.45) is 5.92 Å². The SMILES string of the molecule is O=C(O)c1cc(CC2CCCSC2)[nH]n1. The molecule has 0 amide bonds. The standard InChI is InChI=1S/C10H14N2O2S/c13-10(14)9-5-8(11-12-9)4-7-2-1-3-15-6-7/h5,7H,1-4,6H2,(H,11,12)(H,13,14). The summed E-state index contributed by atoms with van der Waals surface area (Å²) in [6.45, 7) is 0. The lowest BCUT2D eigenvalue weighted by atomic mass is 9.99. The van der Waals surface area contributed by atoms with Gasteiger partial charge in [-0.3, -0.25) is 5.10 Å². The molecule has 2 rings (SSSR count). The Kier molecular flexibility index (Phi) is 3.30. The van der Waals surface area contributed by atoms with Crippen molar-refractivity contribution in [1.82, 2.24) is 10.2 Å². The van der Waals surface area contributed by atoms with Crippen LogP contribution in [0.15, 0.2) is 6.07 Å². The van der Waals surface area contributed by atoms with E-state index < -0.39 is 5.97 Å². The van der Waals surface area contributed by atoms with Crippen molar-refractivity contribution < 1.29 is 9.90 Å². The number of thioether (sulfide) groups is 1. The zero-order chi connectivity index (χ0) is 10.7. The third kappa shape index (κ3) is 2.75. The molecule has 1 unspecified atom stereocenters. The normalized spacial score (nSPS) is 21.5. The molecule has 2 N–H and O–H groups in total. The van der Waals surface area contributed by atoms with Crippen molar-refractivity contribution in [3.8, 4) is 0 Å². The summed E-state index contributed by atoms with van der Waals surface area (Å²) in [6.07, 6.45) is 3.44. The van der Waals surface area contributed by atoms with Crippen LogP contribution in [0.5, 0.6) is 0 Å². The molecule has 0 aliphatic carbocycles. The molecule has 1 atom stereocenters. The van der Waals surface area contributed by atoms with Crippen LogP contribution in [0.3, 0.4) is 0 Å². The number of nitrogens with zero attached hydrogens (tertiary/aromatic N) is 1. The fourth-order valence-electron chi connectivity index (χ4n) is 1.86. The maximum atomic E-state index is 10.6. The molecule has 1 aromatic heterocycles. The number of rotatable bonds is 3. The second kappa shape index (κ2) is 4.70. The summed E-state index contributed by atoms with van der Waals surface area (Å²) in [7, 11) is 0. The summed E-state index contributed by atoms with van der Waals surface area (Å²) in [4.78, 5) is 10.6. The average molecular weight is 226 g/mol. The van der Waals surface area contributed by atoms with Gasteiger partial charge in [0, 0.05) is 5.69 Å². The minimum Gasteiger partial charge on any atom is -0.476 e. The fraction of sp³-hybridized carbons (Fsp3) is 0.600. The van der Waals surface area contributed by atoms with E-state index in [-0.39, 0.29) is 5.69 Å². The number of carboxylic acid groups (broad SMARTS) is 1. The Balaban J connectivity index is 1.94. The lowest BCUT2D eigenvalue weighted by molar-refractivity contribution is 0.0690. The second-order valence-electron chi connectivity index (χ2n) is 3.87. The Labute approximate surface area is 92.5 Å². The third-order valence-corrected chi connectivity index (χ3v) is 3.90. The molecule has 0 spiro atoms. The zero-order valence-electron chi connectivity index (χ0n) is 8.40. The highest BCUT2D eigenvalue weighted by Gasteiger charge is 2.16.